The third-order valence-corrected chi connectivity index (χ3v) is 5.16. The van der Waals surface area contributed by atoms with Crippen LogP contribution in [0.1, 0.15) is 58.2 Å². The molecule has 2 rings (SSSR count). The Morgan fingerprint density at radius 1 is 1.30 bits per heavy atom. The normalized spacial score (nSPS) is 23.1. The third-order valence-electron chi connectivity index (χ3n) is 4.29. The molecule has 0 saturated heterocycles. The van der Waals surface area contributed by atoms with Gasteiger partial charge in [-0.2, -0.15) is 0 Å². The molecule has 1 heterocycles. The molecule has 1 fully saturated rings. The molecule has 2 atom stereocenters. The standard InChI is InChI=1S/C17H30N2S/c1-12(2)9-18-10-14-7-6-13(14)8-16-19-15(11-20-16)17(3,4)5/h11-14,18H,6-10H2,1-5H3. The summed E-state index contributed by atoms with van der Waals surface area (Å²) >= 11 is 1.85. The summed E-state index contributed by atoms with van der Waals surface area (Å²) in [4.78, 5) is 4.84. The van der Waals surface area contributed by atoms with E-state index < -0.39 is 0 Å². The Bertz CT molecular complexity index is 417. The highest BCUT2D eigenvalue weighted by Crippen LogP contribution is 2.37. The van der Waals surface area contributed by atoms with Crippen molar-refractivity contribution in [1.82, 2.24) is 10.3 Å². The molecule has 1 aliphatic rings. The van der Waals surface area contributed by atoms with Crippen molar-refractivity contribution in [3.63, 3.8) is 0 Å². The van der Waals surface area contributed by atoms with E-state index in [4.69, 9.17) is 4.98 Å². The van der Waals surface area contributed by atoms with Gasteiger partial charge >= 0.3 is 0 Å². The number of nitrogens with one attached hydrogen (secondary N) is 1. The summed E-state index contributed by atoms with van der Waals surface area (Å²) in [6, 6.07) is 0. The number of thiazole rings is 1. The summed E-state index contributed by atoms with van der Waals surface area (Å²) in [7, 11) is 0. The van der Waals surface area contributed by atoms with Gasteiger partial charge in [0.15, 0.2) is 0 Å². The summed E-state index contributed by atoms with van der Waals surface area (Å²) in [5.74, 6) is 2.48. The van der Waals surface area contributed by atoms with E-state index in [1.807, 2.05) is 11.3 Å². The van der Waals surface area contributed by atoms with Crippen LogP contribution in [-0.2, 0) is 11.8 Å². The molecule has 114 valence electrons. The second kappa shape index (κ2) is 6.57. The lowest BCUT2D eigenvalue weighted by atomic mass is 9.72. The maximum Gasteiger partial charge on any atom is 0.0931 e. The number of rotatable bonds is 6. The molecular weight excluding hydrogens is 264 g/mol. The smallest absolute Gasteiger partial charge is 0.0931 e. The Labute approximate surface area is 128 Å². The van der Waals surface area contributed by atoms with Crippen LogP contribution >= 0.6 is 11.3 Å². The maximum absolute atomic E-state index is 4.84. The second-order valence-electron chi connectivity index (χ2n) is 7.73. The van der Waals surface area contributed by atoms with Gasteiger partial charge in [0.1, 0.15) is 0 Å². The van der Waals surface area contributed by atoms with Crippen molar-refractivity contribution in [3.05, 3.63) is 16.1 Å². The summed E-state index contributed by atoms with van der Waals surface area (Å²) < 4.78 is 0. The molecular formula is C17H30N2S. The van der Waals surface area contributed by atoms with Crippen molar-refractivity contribution in [2.75, 3.05) is 13.1 Å². The quantitative estimate of drug-likeness (QED) is 0.848. The first kappa shape index (κ1) is 16.0. The lowest BCUT2D eigenvalue weighted by molar-refractivity contribution is 0.169. The fourth-order valence-electron chi connectivity index (χ4n) is 2.71. The van der Waals surface area contributed by atoms with E-state index in [1.54, 1.807) is 0 Å². The monoisotopic (exact) mass is 294 g/mol. The van der Waals surface area contributed by atoms with Crippen LogP contribution in [0.2, 0.25) is 0 Å². The molecule has 20 heavy (non-hydrogen) atoms. The Kier molecular flexibility index (Phi) is 5.25. The first-order chi connectivity index (χ1) is 9.36. The largest absolute Gasteiger partial charge is 0.316 e. The third kappa shape index (κ3) is 4.29. The molecule has 0 aliphatic heterocycles. The van der Waals surface area contributed by atoms with Gasteiger partial charge < -0.3 is 5.32 Å². The molecule has 0 radical (unpaired) electrons. The van der Waals surface area contributed by atoms with Crippen LogP contribution < -0.4 is 5.32 Å². The van der Waals surface area contributed by atoms with Gasteiger partial charge in [-0.25, -0.2) is 4.98 Å². The zero-order valence-corrected chi connectivity index (χ0v) is 14.5. The molecule has 0 spiro atoms. The SMILES string of the molecule is CC(C)CNCC1CCC1Cc1nc(C(C)(C)C)cs1. The molecule has 0 amide bonds. The fourth-order valence-corrected chi connectivity index (χ4v) is 3.82. The molecule has 0 bridgehead atoms. The van der Waals surface area contributed by atoms with Gasteiger partial charge in [0.2, 0.25) is 0 Å². The van der Waals surface area contributed by atoms with Crippen LogP contribution in [0, 0.1) is 17.8 Å². The summed E-state index contributed by atoms with van der Waals surface area (Å²) in [6.07, 6.45) is 3.97. The van der Waals surface area contributed by atoms with E-state index in [1.165, 1.54) is 36.5 Å². The number of hydrogen-bond acceptors (Lipinski definition) is 3. The van der Waals surface area contributed by atoms with E-state index >= 15 is 0 Å². The molecule has 2 unspecified atom stereocenters. The highest BCUT2D eigenvalue weighted by atomic mass is 32.1. The lowest BCUT2D eigenvalue weighted by Gasteiger charge is -2.36. The van der Waals surface area contributed by atoms with Crippen LogP contribution in [0.5, 0.6) is 0 Å². The highest BCUT2D eigenvalue weighted by Gasteiger charge is 2.31. The van der Waals surface area contributed by atoms with Crippen LogP contribution in [0.15, 0.2) is 5.38 Å². The first-order valence-corrected chi connectivity index (χ1v) is 8.90. The van der Waals surface area contributed by atoms with Gasteiger partial charge in [0.25, 0.3) is 0 Å². The van der Waals surface area contributed by atoms with E-state index in [-0.39, 0.29) is 5.41 Å². The van der Waals surface area contributed by atoms with Gasteiger partial charge in [-0.15, -0.1) is 11.3 Å². The van der Waals surface area contributed by atoms with Gasteiger partial charge in [0.05, 0.1) is 10.7 Å². The van der Waals surface area contributed by atoms with E-state index in [0.717, 1.165) is 24.3 Å². The van der Waals surface area contributed by atoms with E-state index in [0.29, 0.717) is 0 Å². The summed E-state index contributed by atoms with van der Waals surface area (Å²) in [5.41, 5.74) is 1.44. The van der Waals surface area contributed by atoms with Gasteiger partial charge in [-0.1, -0.05) is 34.6 Å². The molecule has 1 N–H and O–H groups in total. The Balaban J connectivity index is 1.80. The first-order valence-electron chi connectivity index (χ1n) is 8.02. The van der Waals surface area contributed by atoms with E-state index in [2.05, 4.69) is 45.3 Å². The fraction of sp³-hybridized carbons (Fsp3) is 0.824. The molecule has 3 heteroatoms. The van der Waals surface area contributed by atoms with Crippen molar-refractivity contribution < 1.29 is 0 Å². The van der Waals surface area contributed by atoms with Crippen LogP contribution in [0.25, 0.3) is 0 Å². The Hall–Kier alpha value is -0.410. The second-order valence-corrected chi connectivity index (χ2v) is 8.67. The van der Waals surface area contributed by atoms with Crippen molar-refractivity contribution >= 4 is 11.3 Å². The minimum atomic E-state index is 0.187. The number of hydrogen-bond donors (Lipinski definition) is 1. The van der Waals surface area contributed by atoms with Crippen LogP contribution in [0.4, 0.5) is 0 Å². The van der Waals surface area contributed by atoms with Crippen LogP contribution in [-0.4, -0.2) is 18.1 Å². The molecule has 1 aromatic heterocycles. The van der Waals surface area contributed by atoms with Crippen molar-refractivity contribution in [2.24, 2.45) is 17.8 Å². The van der Waals surface area contributed by atoms with Crippen LogP contribution in [0.3, 0.4) is 0 Å². The maximum atomic E-state index is 4.84. The zero-order valence-electron chi connectivity index (χ0n) is 13.7. The highest BCUT2D eigenvalue weighted by molar-refractivity contribution is 7.09. The van der Waals surface area contributed by atoms with Crippen molar-refractivity contribution in [1.29, 1.82) is 0 Å². The molecule has 0 aromatic carbocycles. The lowest BCUT2D eigenvalue weighted by Crippen LogP contribution is -2.37. The van der Waals surface area contributed by atoms with Gasteiger partial charge in [0, 0.05) is 17.2 Å². The summed E-state index contributed by atoms with van der Waals surface area (Å²) in [6.45, 7) is 13.6. The molecule has 1 aromatic rings. The van der Waals surface area contributed by atoms with E-state index in [9.17, 15) is 0 Å². The van der Waals surface area contributed by atoms with Gasteiger partial charge in [-0.3, -0.25) is 0 Å². The molecule has 1 saturated carbocycles. The minimum Gasteiger partial charge on any atom is -0.316 e. The average Bonchev–Trinajstić information content (AvgIpc) is 2.78. The Morgan fingerprint density at radius 2 is 2.00 bits per heavy atom. The van der Waals surface area contributed by atoms with Gasteiger partial charge in [-0.05, 0) is 43.7 Å². The topological polar surface area (TPSA) is 24.9 Å². The summed E-state index contributed by atoms with van der Waals surface area (Å²) in [5, 5.41) is 7.21. The Morgan fingerprint density at radius 3 is 2.50 bits per heavy atom. The molecule has 1 aliphatic carbocycles. The van der Waals surface area contributed by atoms with Crippen molar-refractivity contribution in [2.45, 2.75) is 59.3 Å². The average molecular weight is 295 g/mol. The number of nitrogens with zero attached hydrogens (tertiary/aromatic N) is 1. The van der Waals surface area contributed by atoms with Crippen molar-refractivity contribution in [3.8, 4) is 0 Å². The zero-order chi connectivity index (χ0) is 14.8. The molecule has 2 nitrogen and oxygen atoms in total. The number of aromatic nitrogens is 1. The predicted octanol–water partition coefficient (Wildman–Crippen LogP) is 4.25. The minimum absolute atomic E-state index is 0.187. The predicted molar refractivity (Wildman–Crippen MR) is 88.4 cm³/mol.